The maximum atomic E-state index is 10.2. The monoisotopic (exact) mass is 169 g/mol. The van der Waals surface area contributed by atoms with Crippen LogP contribution < -0.4 is 0 Å². The van der Waals surface area contributed by atoms with Gasteiger partial charge in [0.25, 0.3) is 0 Å². The molecule has 0 aliphatic carbocycles. The van der Waals surface area contributed by atoms with Gasteiger partial charge in [-0.2, -0.15) is 0 Å². The quantitative estimate of drug-likeness (QED) is 0.489. The first-order valence-electron chi connectivity index (χ1n) is 2.75. The molecule has 7 nitrogen and oxygen atoms in total. The Morgan fingerprint density at radius 1 is 1.08 bits per heavy atom. The second kappa shape index (κ2) is 2.53. The minimum Gasteiger partial charge on any atom is -0.476 e. The smallest absolute Gasteiger partial charge is 0.358 e. The van der Waals surface area contributed by atoms with Gasteiger partial charge in [-0.25, -0.2) is 9.59 Å². The molecule has 0 bridgehead atoms. The molecule has 0 radical (unpaired) electrons. The fraction of sp³-hybridized carbons (Fsp3) is 0. The summed E-state index contributed by atoms with van der Waals surface area (Å²) in [6, 6.07) is 0. The normalized spacial score (nSPS) is 15.5. The number of nitrogens with one attached hydrogen (secondary N) is 1. The van der Waals surface area contributed by atoms with Gasteiger partial charge in [0.2, 0.25) is 0 Å². The molecule has 1 aliphatic rings. The molecule has 3 N–H and O–H groups in total. The molecule has 0 aromatic heterocycles. The van der Waals surface area contributed by atoms with Crippen molar-refractivity contribution >= 4 is 29.1 Å². The van der Waals surface area contributed by atoms with Crippen molar-refractivity contribution in [2.24, 2.45) is 10.2 Å². The topological polar surface area (TPSA) is 123 Å². The van der Waals surface area contributed by atoms with E-state index in [-0.39, 0.29) is 0 Å². The third-order valence-electron chi connectivity index (χ3n) is 1.13. The van der Waals surface area contributed by atoms with Crippen molar-refractivity contribution in [3.8, 4) is 0 Å². The molecule has 0 spiro atoms. The van der Waals surface area contributed by atoms with Crippen molar-refractivity contribution < 1.29 is 19.8 Å². The first-order valence-corrected chi connectivity index (χ1v) is 2.75. The third kappa shape index (κ3) is 1.07. The fourth-order valence-electron chi connectivity index (χ4n) is 0.612. The van der Waals surface area contributed by atoms with Gasteiger partial charge in [-0.05, 0) is 0 Å². The molecule has 0 atom stereocenters. The molecule has 1 rings (SSSR count). The van der Waals surface area contributed by atoms with Crippen LogP contribution in [0.15, 0.2) is 10.2 Å². The number of hydrogen-bond acceptors (Lipinski definition) is 5. The van der Waals surface area contributed by atoms with Crippen molar-refractivity contribution in [1.29, 1.82) is 5.41 Å². The van der Waals surface area contributed by atoms with E-state index in [1.807, 2.05) is 0 Å². The summed E-state index contributed by atoms with van der Waals surface area (Å²) < 4.78 is 0. The summed E-state index contributed by atoms with van der Waals surface area (Å²) in [5.74, 6) is -2.92. The summed E-state index contributed by atoms with van der Waals surface area (Å²) in [5, 5.41) is 29.7. The number of rotatable bonds is 2. The molecule has 1 aliphatic heterocycles. The Labute approximate surface area is 65.6 Å². The second-order valence-electron chi connectivity index (χ2n) is 1.88. The zero-order chi connectivity index (χ0) is 9.30. The number of hydrogen-bond donors (Lipinski definition) is 3. The summed E-state index contributed by atoms with van der Waals surface area (Å²) in [7, 11) is 0. The standard InChI is InChI=1S/C5H3N3O4/c6-1-2(4(9)10)7-8-3(1)5(11)12/h6H,(H,9,10)(H,11,12). The second-order valence-corrected chi connectivity index (χ2v) is 1.88. The van der Waals surface area contributed by atoms with E-state index < -0.39 is 29.1 Å². The van der Waals surface area contributed by atoms with Crippen LogP contribution in [-0.4, -0.2) is 39.3 Å². The highest BCUT2D eigenvalue weighted by atomic mass is 16.4. The van der Waals surface area contributed by atoms with Crippen LogP contribution in [0.1, 0.15) is 0 Å². The summed E-state index contributed by atoms with van der Waals surface area (Å²) in [6.07, 6.45) is 0. The molecule has 0 amide bonds. The Bertz CT molecular complexity index is 309. The number of carboxylic acids is 2. The van der Waals surface area contributed by atoms with Crippen LogP contribution >= 0.6 is 0 Å². The van der Waals surface area contributed by atoms with Crippen LogP contribution in [0.25, 0.3) is 0 Å². The molecule has 0 unspecified atom stereocenters. The van der Waals surface area contributed by atoms with E-state index in [1.165, 1.54) is 0 Å². The number of aliphatic carboxylic acids is 2. The van der Waals surface area contributed by atoms with Gasteiger partial charge in [0.15, 0.2) is 11.4 Å². The summed E-state index contributed by atoms with van der Waals surface area (Å²) in [4.78, 5) is 20.5. The highest BCUT2D eigenvalue weighted by Crippen LogP contribution is 1.99. The van der Waals surface area contributed by atoms with E-state index in [2.05, 4.69) is 10.2 Å². The highest BCUT2D eigenvalue weighted by molar-refractivity contribution is 6.89. The minimum absolute atomic E-state index is 0.646. The van der Waals surface area contributed by atoms with Crippen molar-refractivity contribution in [3.05, 3.63) is 0 Å². The van der Waals surface area contributed by atoms with Gasteiger partial charge in [-0.1, -0.05) is 0 Å². The zero-order valence-corrected chi connectivity index (χ0v) is 5.61. The molecule has 0 saturated heterocycles. The lowest BCUT2D eigenvalue weighted by Crippen LogP contribution is -2.30. The van der Waals surface area contributed by atoms with Gasteiger partial charge >= 0.3 is 11.9 Å². The average Bonchev–Trinajstić information content (AvgIpc) is 2.30. The van der Waals surface area contributed by atoms with E-state index in [0.717, 1.165) is 0 Å². The molecule has 0 aromatic carbocycles. The Balaban J connectivity index is 2.94. The highest BCUT2D eigenvalue weighted by Gasteiger charge is 2.30. The third-order valence-corrected chi connectivity index (χ3v) is 1.13. The maximum Gasteiger partial charge on any atom is 0.358 e. The van der Waals surface area contributed by atoms with E-state index >= 15 is 0 Å². The van der Waals surface area contributed by atoms with Gasteiger partial charge < -0.3 is 10.2 Å². The van der Waals surface area contributed by atoms with Crippen molar-refractivity contribution in [1.82, 2.24) is 0 Å². The van der Waals surface area contributed by atoms with Gasteiger partial charge in [0.05, 0.1) is 0 Å². The van der Waals surface area contributed by atoms with Crippen LogP contribution in [0.5, 0.6) is 0 Å². The van der Waals surface area contributed by atoms with Gasteiger partial charge in [-0.3, -0.25) is 5.41 Å². The first kappa shape index (κ1) is 8.05. The lowest BCUT2D eigenvalue weighted by Gasteiger charge is -1.92. The summed E-state index contributed by atoms with van der Waals surface area (Å²) >= 11 is 0. The van der Waals surface area contributed by atoms with Crippen LogP contribution in [0.2, 0.25) is 0 Å². The Morgan fingerprint density at radius 3 is 1.58 bits per heavy atom. The first-order chi connectivity index (χ1) is 5.54. The lowest BCUT2D eigenvalue weighted by molar-refractivity contribution is -0.129. The lowest BCUT2D eigenvalue weighted by atomic mass is 10.1. The molecule has 7 heteroatoms. The summed E-state index contributed by atoms with van der Waals surface area (Å²) in [5.41, 5.74) is -1.96. The average molecular weight is 169 g/mol. The van der Waals surface area contributed by atoms with Gasteiger partial charge in [0, 0.05) is 0 Å². The van der Waals surface area contributed by atoms with E-state index in [9.17, 15) is 9.59 Å². The molecule has 0 saturated carbocycles. The zero-order valence-electron chi connectivity index (χ0n) is 5.61. The fourth-order valence-corrected chi connectivity index (χ4v) is 0.612. The van der Waals surface area contributed by atoms with E-state index in [1.54, 1.807) is 0 Å². The van der Waals surface area contributed by atoms with Gasteiger partial charge in [0.1, 0.15) is 5.71 Å². The Morgan fingerprint density at radius 2 is 1.42 bits per heavy atom. The predicted octanol–water partition coefficient (Wildman–Crippen LogP) is -1.01. The van der Waals surface area contributed by atoms with Crippen molar-refractivity contribution in [3.63, 3.8) is 0 Å². The molecule has 12 heavy (non-hydrogen) atoms. The van der Waals surface area contributed by atoms with Gasteiger partial charge in [-0.15, -0.1) is 10.2 Å². The molecule has 0 fully saturated rings. The molecule has 62 valence electrons. The molecular formula is C5H3N3O4. The molecular weight excluding hydrogens is 166 g/mol. The largest absolute Gasteiger partial charge is 0.476 e. The van der Waals surface area contributed by atoms with Crippen LogP contribution in [0.3, 0.4) is 0 Å². The van der Waals surface area contributed by atoms with E-state index in [4.69, 9.17) is 15.6 Å². The van der Waals surface area contributed by atoms with Crippen LogP contribution in [0, 0.1) is 5.41 Å². The minimum atomic E-state index is -1.46. The molecule has 1 heterocycles. The predicted molar refractivity (Wildman–Crippen MR) is 37.9 cm³/mol. The number of carbonyl (C=O) groups is 2. The maximum absolute atomic E-state index is 10.2. The van der Waals surface area contributed by atoms with Crippen molar-refractivity contribution in [2.75, 3.05) is 0 Å². The van der Waals surface area contributed by atoms with Crippen LogP contribution in [0.4, 0.5) is 0 Å². The Hall–Kier alpha value is -2.05. The Kier molecular flexibility index (Phi) is 1.70. The molecule has 0 aromatic rings. The van der Waals surface area contributed by atoms with Crippen molar-refractivity contribution in [2.45, 2.75) is 0 Å². The SMILES string of the molecule is N=C1C(C(=O)O)=NN=C1C(=O)O. The number of nitrogens with zero attached hydrogens (tertiary/aromatic N) is 2. The van der Waals surface area contributed by atoms with E-state index in [0.29, 0.717) is 0 Å². The van der Waals surface area contributed by atoms with Crippen LogP contribution in [-0.2, 0) is 9.59 Å². The summed E-state index contributed by atoms with van der Waals surface area (Å²) in [6.45, 7) is 0. The number of carboxylic acid groups (broad SMARTS) is 2.